The maximum absolute atomic E-state index is 13.1. The van der Waals surface area contributed by atoms with Crippen molar-refractivity contribution in [2.24, 2.45) is 0 Å². The Hall–Kier alpha value is -2.65. The molecule has 0 fully saturated rings. The molecule has 0 spiro atoms. The minimum absolute atomic E-state index is 0.00647. The molecule has 144 valence electrons. The number of benzene rings is 1. The monoisotopic (exact) mass is 391 g/mol. The van der Waals surface area contributed by atoms with E-state index in [0.717, 1.165) is 11.1 Å². The van der Waals surface area contributed by atoms with Crippen LogP contribution in [0.5, 0.6) is 5.75 Å². The molecule has 9 heteroatoms. The lowest BCUT2D eigenvalue weighted by atomic mass is 10.2. The number of esters is 1. The van der Waals surface area contributed by atoms with Gasteiger partial charge in [-0.1, -0.05) is 12.1 Å². The second kappa shape index (κ2) is 7.53. The molecule has 8 nitrogen and oxygen atoms in total. The SMILES string of the molecule is COC(=O)CN1CN(Cc2ccc(OC)cc2)S(=O)(=O)c2cc(C)cnc21. The molecule has 2 heterocycles. The lowest BCUT2D eigenvalue weighted by Crippen LogP contribution is -2.48. The van der Waals surface area contributed by atoms with Crippen LogP contribution < -0.4 is 9.64 Å². The molecule has 0 amide bonds. The Morgan fingerprint density at radius 1 is 1.22 bits per heavy atom. The predicted octanol–water partition coefficient (Wildman–Crippen LogP) is 1.54. The number of ether oxygens (including phenoxy) is 2. The minimum atomic E-state index is -3.75. The van der Waals surface area contributed by atoms with Gasteiger partial charge in [0.05, 0.1) is 20.9 Å². The fourth-order valence-corrected chi connectivity index (χ4v) is 4.49. The van der Waals surface area contributed by atoms with Crippen LogP contribution in [-0.2, 0) is 26.1 Å². The standard InChI is InChI=1S/C18H21N3O5S/c1-13-8-16-18(19-9-13)20(11-17(22)26-3)12-21(27(16,23)24)10-14-4-6-15(25-2)7-5-14/h4-9H,10-12H2,1-3H3. The maximum Gasteiger partial charge on any atom is 0.325 e. The van der Waals surface area contributed by atoms with Gasteiger partial charge >= 0.3 is 5.97 Å². The van der Waals surface area contributed by atoms with Crippen LogP contribution in [0.1, 0.15) is 11.1 Å². The van der Waals surface area contributed by atoms with Crippen molar-refractivity contribution >= 4 is 21.8 Å². The fourth-order valence-electron chi connectivity index (χ4n) is 2.85. The van der Waals surface area contributed by atoms with Gasteiger partial charge in [0.25, 0.3) is 0 Å². The average molecular weight is 391 g/mol. The first-order valence-electron chi connectivity index (χ1n) is 8.26. The first-order chi connectivity index (χ1) is 12.8. The van der Waals surface area contributed by atoms with Crippen LogP contribution in [0.4, 0.5) is 5.82 Å². The third-order valence-corrected chi connectivity index (χ3v) is 6.06. The van der Waals surface area contributed by atoms with Crippen molar-refractivity contribution in [3.05, 3.63) is 47.7 Å². The largest absolute Gasteiger partial charge is 0.497 e. The number of fused-ring (bicyclic) bond motifs is 1. The molecule has 0 aliphatic carbocycles. The molecule has 2 aromatic rings. The number of methoxy groups -OCH3 is 2. The second-order valence-electron chi connectivity index (χ2n) is 6.21. The summed E-state index contributed by atoms with van der Waals surface area (Å²) in [6.45, 7) is 1.86. The van der Waals surface area contributed by atoms with Crippen LogP contribution in [-0.4, -0.2) is 51.1 Å². The number of sulfonamides is 1. The highest BCUT2D eigenvalue weighted by Crippen LogP contribution is 2.33. The van der Waals surface area contributed by atoms with Gasteiger partial charge in [-0.3, -0.25) is 4.79 Å². The molecule has 0 radical (unpaired) electrons. The number of hydrogen-bond acceptors (Lipinski definition) is 7. The zero-order valence-corrected chi connectivity index (χ0v) is 16.2. The van der Waals surface area contributed by atoms with Gasteiger partial charge in [0.1, 0.15) is 23.0 Å². The van der Waals surface area contributed by atoms with E-state index in [-0.39, 0.29) is 30.5 Å². The average Bonchev–Trinajstić information content (AvgIpc) is 2.66. The van der Waals surface area contributed by atoms with Gasteiger partial charge in [-0.15, -0.1) is 0 Å². The number of carbonyl (C=O) groups is 1. The molecule has 0 saturated carbocycles. The normalized spacial score (nSPS) is 15.9. The molecular weight excluding hydrogens is 370 g/mol. The zero-order chi connectivity index (χ0) is 19.6. The van der Waals surface area contributed by atoms with Crippen LogP contribution >= 0.6 is 0 Å². The number of rotatable bonds is 5. The van der Waals surface area contributed by atoms with E-state index in [4.69, 9.17) is 9.47 Å². The molecule has 1 aliphatic rings. The number of aromatic nitrogens is 1. The van der Waals surface area contributed by atoms with Gasteiger partial charge in [-0.2, -0.15) is 4.31 Å². The second-order valence-corrected chi connectivity index (χ2v) is 8.12. The van der Waals surface area contributed by atoms with Crippen LogP contribution in [0.25, 0.3) is 0 Å². The number of carbonyl (C=O) groups excluding carboxylic acids is 1. The Bertz CT molecular complexity index is 944. The third-order valence-electron chi connectivity index (χ3n) is 4.28. The summed E-state index contributed by atoms with van der Waals surface area (Å²) in [5.74, 6) is 0.488. The highest BCUT2D eigenvalue weighted by molar-refractivity contribution is 7.89. The Morgan fingerprint density at radius 2 is 1.93 bits per heavy atom. The van der Waals surface area contributed by atoms with Gasteiger partial charge < -0.3 is 14.4 Å². The quantitative estimate of drug-likeness (QED) is 0.714. The third kappa shape index (κ3) is 3.88. The van der Waals surface area contributed by atoms with E-state index in [1.54, 1.807) is 43.3 Å². The minimum Gasteiger partial charge on any atom is -0.497 e. The topological polar surface area (TPSA) is 89.0 Å². The molecule has 3 rings (SSSR count). The predicted molar refractivity (Wildman–Crippen MR) is 98.9 cm³/mol. The van der Waals surface area contributed by atoms with Gasteiger partial charge in [-0.25, -0.2) is 13.4 Å². The molecule has 0 atom stereocenters. The lowest BCUT2D eigenvalue weighted by molar-refractivity contribution is -0.139. The van der Waals surface area contributed by atoms with Gasteiger partial charge in [0.15, 0.2) is 0 Å². The number of pyridine rings is 1. The van der Waals surface area contributed by atoms with Crippen LogP contribution in [0, 0.1) is 6.92 Å². The molecule has 0 unspecified atom stereocenters. The van der Waals surface area contributed by atoms with Crippen molar-refractivity contribution < 1.29 is 22.7 Å². The summed E-state index contributed by atoms with van der Waals surface area (Å²) in [5.41, 5.74) is 1.53. The van der Waals surface area contributed by atoms with Crippen LogP contribution in [0.3, 0.4) is 0 Å². The molecule has 1 aliphatic heterocycles. The summed E-state index contributed by atoms with van der Waals surface area (Å²) >= 11 is 0. The van der Waals surface area contributed by atoms with Crippen molar-refractivity contribution in [3.8, 4) is 5.75 Å². The van der Waals surface area contributed by atoms with Crippen molar-refractivity contribution in [1.82, 2.24) is 9.29 Å². The summed E-state index contributed by atoms with van der Waals surface area (Å²) in [6.07, 6.45) is 1.58. The van der Waals surface area contributed by atoms with Gasteiger partial charge in [-0.05, 0) is 36.2 Å². The highest BCUT2D eigenvalue weighted by Gasteiger charge is 2.37. The number of aryl methyl sites for hydroxylation is 1. The molecule has 0 N–H and O–H groups in total. The number of hydrogen-bond donors (Lipinski definition) is 0. The molecule has 0 bridgehead atoms. The van der Waals surface area contributed by atoms with E-state index in [1.165, 1.54) is 11.4 Å². The highest BCUT2D eigenvalue weighted by atomic mass is 32.2. The van der Waals surface area contributed by atoms with E-state index >= 15 is 0 Å². The molecule has 27 heavy (non-hydrogen) atoms. The summed E-state index contributed by atoms with van der Waals surface area (Å²) < 4.78 is 37.4. The van der Waals surface area contributed by atoms with Crippen molar-refractivity contribution in [2.45, 2.75) is 18.4 Å². The summed E-state index contributed by atoms with van der Waals surface area (Å²) in [6, 6.07) is 8.74. The number of anilines is 1. The van der Waals surface area contributed by atoms with Crippen molar-refractivity contribution in [2.75, 3.05) is 32.3 Å². The summed E-state index contributed by atoms with van der Waals surface area (Å²) in [4.78, 5) is 17.7. The Labute approximate surface area is 158 Å². The molecule has 1 aromatic heterocycles. The first-order valence-corrected chi connectivity index (χ1v) is 9.70. The van der Waals surface area contributed by atoms with Crippen LogP contribution in [0.2, 0.25) is 0 Å². The Balaban J connectivity index is 1.97. The summed E-state index contributed by atoms with van der Waals surface area (Å²) in [7, 11) is -0.885. The molecule has 1 aromatic carbocycles. The van der Waals surface area contributed by atoms with E-state index < -0.39 is 16.0 Å². The van der Waals surface area contributed by atoms with E-state index in [9.17, 15) is 13.2 Å². The maximum atomic E-state index is 13.1. The molecular formula is C18H21N3O5S. The Morgan fingerprint density at radius 3 is 2.56 bits per heavy atom. The molecule has 0 saturated heterocycles. The fraction of sp³-hybridized carbons (Fsp3) is 0.333. The first kappa shape index (κ1) is 19.1. The van der Waals surface area contributed by atoms with E-state index in [2.05, 4.69) is 4.98 Å². The van der Waals surface area contributed by atoms with E-state index in [1.807, 2.05) is 12.1 Å². The number of nitrogens with zero attached hydrogens (tertiary/aromatic N) is 3. The van der Waals surface area contributed by atoms with Crippen molar-refractivity contribution in [1.29, 1.82) is 0 Å². The Kier molecular flexibility index (Phi) is 5.33. The lowest BCUT2D eigenvalue weighted by Gasteiger charge is -2.36. The van der Waals surface area contributed by atoms with Crippen molar-refractivity contribution in [3.63, 3.8) is 0 Å². The van der Waals surface area contributed by atoms with Gasteiger partial charge in [0.2, 0.25) is 10.0 Å². The van der Waals surface area contributed by atoms with Crippen LogP contribution in [0.15, 0.2) is 41.4 Å². The van der Waals surface area contributed by atoms with E-state index in [0.29, 0.717) is 5.75 Å². The smallest absolute Gasteiger partial charge is 0.325 e. The summed E-state index contributed by atoms with van der Waals surface area (Å²) in [5, 5.41) is 0. The zero-order valence-electron chi connectivity index (χ0n) is 15.4. The van der Waals surface area contributed by atoms with Gasteiger partial charge in [0, 0.05) is 12.7 Å².